The molecule has 0 atom stereocenters. The lowest BCUT2D eigenvalue weighted by Gasteiger charge is -2.12. The number of carbonyl (C=O) groups is 1. The summed E-state index contributed by atoms with van der Waals surface area (Å²) in [6.07, 6.45) is -4.43. The monoisotopic (exact) mass is 392 g/mol. The molecule has 0 saturated carbocycles. The molecule has 0 aliphatic heterocycles. The van der Waals surface area contributed by atoms with Gasteiger partial charge in [0.25, 0.3) is 0 Å². The number of halogens is 3. The normalized spacial score (nSPS) is 10.9. The predicted molar refractivity (Wildman–Crippen MR) is 97.4 cm³/mol. The van der Waals surface area contributed by atoms with Crippen molar-refractivity contribution in [2.45, 2.75) is 26.4 Å². The highest BCUT2D eigenvalue weighted by Gasteiger charge is 2.28. The zero-order valence-corrected chi connectivity index (χ0v) is 15.4. The maximum Gasteiger partial charge on any atom is 0.422 e. The van der Waals surface area contributed by atoms with Crippen LogP contribution in [0.4, 0.5) is 18.9 Å². The minimum Gasteiger partial charge on any atom is -0.493 e. The first-order valence-corrected chi connectivity index (χ1v) is 8.42. The van der Waals surface area contributed by atoms with Crippen molar-refractivity contribution in [1.29, 1.82) is 5.26 Å². The van der Waals surface area contributed by atoms with Crippen LogP contribution in [0, 0.1) is 25.2 Å². The summed E-state index contributed by atoms with van der Waals surface area (Å²) in [6.45, 7) is 2.55. The highest BCUT2D eigenvalue weighted by molar-refractivity contribution is 5.91. The van der Waals surface area contributed by atoms with Crippen LogP contribution in [0.1, 0.15) is 23.1 Å². The van der Waals surface area contributed by atoms with Crippen LogP contribution >= 0.6 is 0 Å². The van der Waals surface area contributed by atoms with E-state index in [0.717, 1.165) is 11.1 Å². The Labute approximate surface area is 160 Å². The second-order valence-corrected chi connectivity index (χ2v) is 6.07. The van der Waals surface area contributed by atoms with E-state index >= 15 is 0 Å². The number of amides is 1. The topological polar surface area (TPSA) is 71.3 Å². The molecule has 0 fully saturated rings. The van der Waals surface area contributed by atoms with Gasteiger partial charge in [-0.1, -0.05) is 12.1 Å². The molecular formula is C20H19F3N2O3. The van der Waals surface area contributed by atoms with E-state index in [1.165, 1.54) is 18.2 Å². The number of hydrogen-bond acceptors (Lipinski definition) is 4. The number of hydrogen-bond donors (Lipinski definition) is 1. The smallest absolute Gasteiger partial charge is 0.422 e. The summed E-state index contributed by atoms with van der Waals surface area (Å²) in [5.41, 5.74) is 2.26. The molecule has 0 aromatic heterocycles. The van der Waals surface area contributed by atoms with E-state index in [1.54, 1.807) is 6.07 Å². The fourth-order valence-electron chi connectivity index (χ4n) is 2.34. The van der Waals surface area contributed by atoms with E-state index in [0.29, 0.717) is 5.75 Å². The number of benzene rings is 2. The first-order chi connectivity index (χ1) is 13.2. The fourth-order valence-corrected chi connectivity index (χ4v) is 2.34. The van der Waals surface area contributed by atoms with Gasteiger partial charge in [0.15, 0.2) is 6.61 Å². The molecule has 28 heavy (non-hydrogen) atoms. The van der Waals surface area contributed by atoms with Gasteiger partial charge >= 0.3 is 6.18 Å². The molecule has 0 heterocycles. The third-order valence-corrected chi connectivity index (χ3v) is 3.92. The third-order valence-electron chi connectivity index (χ3n) is 3.92. The molecule has 1 N–H and O–H groups in total. The number of nitrogens with one attached hydrogen (secondary N) is 1. The van der Waals surface area contributed by atoms with E-state index in [2.05, 4.69) is 10.1 Å². The van der Waals surface area contributed by atoms with Crippen molar-refractivity contribution in [2.75, 3.05) is 18.5 Å². The molecule has 0 aliphatic carbocycles. The van der Waals surface area contributed by atoms with Gasteiger partial charge < -0.3 is 14.8 Å². The molecule has 0 radical (unpaired) electrons. The molecular weight excluding hydrogens is 373 g/mol. The molecule has 0 aliphatic rings. The van der Waals surface area contributed by atoms with Crippen LogP contribution in [0.15, 0.2) is 36.4 Å². The summed E-state index contributed by atoms with van der Waals surface area (Å²) >= 11 is 0. The van der Waals surface area contributed by atoms with Crippen molar-refractivity contribution < 1.29 is 27.4 Å². The number of rotatable bonds is 7. The molecule has 5 nitrogen and oxygen atoms in total. The van der Waals surface area contributed by atoms with E-state index in [1.807, 2.05) is 32.0 Å². The van der Waals surface area contributed by atoms with Crippen LogP contribution in [0.5, 0.6) is 11.5 Å². The molecule has 2 rings (SSSR count). The summed E-state index contributed by atoms with van der Waals surface area (Å²) < 4.78 is 46.9. The molecule has 8 heteroatoms. The van der Waals surface area contributed by atoms with Crippen molar-refractivity contribution in [3.8, 4) is 17.6 Å². The first kappa shape index (κ1) is 21.1. The van der Waals surface area contributed by atoms with Crippen molar-refractivity contribution in [1.82, 2.24) is 0 Å². The van der Waals surface area contributed by atoms with Gasteiger partial charge in [-0.05, 0) is 49.2 Å². The van der Waals surface area contributed by atoms with Crippen LogP contribution < -0.4 is 14.8 Å². The summed E-state index contributed by atoms with van der Waals surface area (Å²) in [4.78, 5) is 12.0. The van der Waals surface area contributed by atoms with Gasteiger partial charge in [-0.25, -0.2) is 0 Å². The standard InChI is InChI=1S/C20H19F3N2O3/c1-13-4-3-5-17(14(13)2)27-9-8-19(26)25-16-6-7-18(15(10-16)11-24)28-12-20(21,22)23/h3-7,10H,8-9,12H2,1-2H3,(H,25,26). The summed E-state index contributed by atoms with van der Waals surface area (Å²) in [5, 5.41) is 11.7. The molecule has 0 saturated heterocycles. The van der Waals surface area contributed by atoms with Gasteiger partial charge in [-0.2, -0.15) is 18.4 Å². The van der Waals surface area contributed by atoms with Crippen molar-refractivity contribution >= 4 is 11.6 Å². The molecule has 0 spiro atoms. The number of aryl methyl sites for hydroxylation is 1. The number of nitriles is 1. The maximum atomic E-state index is 12.2. The van der Waals surface area contributed by atoms with Crippen LogP contribution in [0.25, 0.3) is 0 Å². The molecule has 1 amide bonds. The van der Waals surface area contributed by atoms with Crippen molar-refractivity contribution in [3.05, 3.63) is 53.1 Å². The zero-order chi connectivity index (χ0) is 20.7. The Morgan fingerprint density at radius 2 is 1.89 bits per heavy atom. The van der Waals surface area contributed by atoms with E-state index in [-0.39, 0.29) is 35.9 Å². The minimum absolute atomic E-state index is 0.0710. The van der Waals surface area contributed by atoms with Crippen LogP contribution in [0.2, 0.25) is 0 Å². The highest BCUT2D eigenvalue weighted by Crippen LogP contribution is 2.25. The Hall–Kier alpha value is -3.21. The molecule has 148 valence electrons. The lowest BCUT2D eigenvalue weighted by Crippen LogP contribution is -2.19. The largest absolute Gasteiger partial charge is 0.493 e. The Kier molecular flexibility index (Phi) is 6.88. The Morgan fingerprint density at radius 3 is 2.57 bits per heavy atom. The number of alkyl halides is 3. The van der Waals surface area contributed by atoms with Crippen molar-refractivity contribution in [3.63, 3.8) is 0 Å². The predicted octanol–water partition coefficient (Wildman–Crippen LogP) is 4.52. The molecule has 2 aromatic carbocycles. The molecule has 2 aromatic rings. The van der Waals surface area contributed by atoms with Gasteiger partial charge in [0.1, 0.15) is 17.6 Å². The average molecular weight is 392 g/mol. The van der Waals surface area contributed by atoms with E-state index in [4.69, 9.17) is 10.00 Å². The summed E-state index contributed by atoms with van der Waals surface area (Å²) in [5.74, 6) is 0.153. The SMILES string of the molecule is Cc1cccc(OCCC(=O)Nc2ccc(OCC(F)(F)F)c(C#N)c2)c1C. The van der Waals surface area contributed by atoms with Crippen molar-refractivity contribution in [2.24, 2.45) is 0 Å². The van der Waals surface area contributed by atoms with Gasteiger partial charge in [-0.15, -0.1) is 0 Å². The molecule has 0 unspecified atom stereocenters. The number of nitrogens with zero attached hydrogens (tertiary/aromatic N) is 1. The van der Waals surface area contributed by atoms with E-state index < -0.39 is 12.8 Å². The lowest BCUT2D eigenvalue weighted by molar-refractivity contribution is -0.153. The van der Waals surface area contributed by atoms with Gasteiger partial charge in [0, 0.05) is 5.69 Å². The molecule has 0 bridgehead atoms. The van der Waals surface area contributed by atoms with Gasteiger partial charge in [-0.3, -0.25) is 4.79 Å². The second-order valence-electron chi connectivity index (χ2n) is 6.07. The fraction of sp³-hybridized carbons (Fsp3) is 0.300. The van der Waals surface area contributed by atoms with Crippen LogP contribution in [-0.2, 0) is 4.79 Å². The van der Waals surface area contributed by atoms with Gasteiger partial charge in [0.05, 0.1) is 18.6 Å². The van der Waals surface area contributed by atoms with E-state index in [9.17, 15) is 18.0 Å². The average Bonchev–Trinajstić information content (AvgIpc) is 2.63. The Morgan fingerprint density at radius 1 is 1.14 bits per heavy atom. The number of anilines is 1. The quantitative estimate of drug-likeness (QED) is 0.752. The zero-order valence-electron chi connectivity index (χ0n) is 15.4. The first-order valence-electron chi connectivity index (χ1n) is 8.42. The summed E-state index contributed by atoms with van der Waals surface area (Å²) in [7, 11) is 0. The summed E-state index contributed by atoms with van der Waals surface area (Å²) in [6, 6.07) is 11.2. The minimum atomic E-state index is -4.50. The number of carbonyl (C=O) groups excluding carboxylic acids is 1. The lowest BCUT2D eigenvalue weighted by atomic mass is 10.1. The third kappa shape index (κ3) is 6.20. The maximum absolute atomic E-state index is 12.2. The van der Waals surface area contributed by atoms with Crippen LogP contribution in [0.3, 0.4) is 0 Å². The Bertz CT molecular complexity index is 889. The second kappa shape index (κ2) is 9.13. The highest BCUT2D eigenvalue weighted by atomic mass is 19.4. The Balaban J connectivity index is 1.91. The van der Waals surface area contributed by atoms with Gasteiger partial charge in [0.2, 0.25) is 5.91 Å². The number of ether oxygens (including phenoxy) is 2. The van der Waals surface area contributed by atoms with Crippen LogP contribution in [-0.4, -0.2) is 25.3 Å².